The number of nitrogens with zero attached hydrogens (tertiary/aromatic N) is 1. The number of hydrogen-bond donors (Lipinski definition) is 4. The Bertz CT molecular complexity index is 770. The number of carboxylic acid groups (broad SMARTS) is 1. The van der Waals surface area contributed by atoms with Gasteiger partial charge >= 0.3 is 11.7 Å². The number of nitrogens with one attached hydrogen (secondary N) is 3. The standard InChI is InChI=1S/C12H16N4O4/c1-5(2)12(3,10(18)19)4-6-13-7-8(14-6)15-11(20)16-9(7)17/h5H,4H2,1-3H3,(H,18,19)(H3,13,14,15,16,17,20). The topological polar surface area (TPSA) is 132 Å². The van der Waals surface area contributed by atoms with Gasteiger partial charge in [0.25, 0.3) is 5.56 Å². The molecule has 0 amide bonds. The molecule has 8 heteroatoms. The summed E-state index contributed by atoms with van der Waals surface area (Å²) in [4.78, 5) is 45.5. The molecule has 0 aliphatic rings. The minimum atomic E-state index is -1.01. The van der Waals surface area contributed by atoms with Crippen LogP contribution in [-0.4, -0.2) is 31.0 Å². The van der Waals surface area contributed by atoms with Gasteiger partial charge in [-0.1, -0.05) is 13.8 Å². The van der Waals surface area contributed by atoms with Crippen molar-refractivity contribution in [2.24, 2.45) is 11.3 Å². The fraction of sp³-hybridized carbons (Fsp3) is 0.500. The van der Waals surface area contributed by atoms with E-state index in [1.807, 2.05) is 13.8 Å². The van der Waals surface area contributed by atoms with Gasteiger partial charge in [-0.3, -0.25) is 19.6 Å². The van der Waals surface area contributed by atoms with E-state index in [9.17, 15) is 19.5 Å². The second-order valence-electron chi connectivity index (χ2n) is 5.37. The first-order valence-electron chi connectivity index (χ1n) is 6.18. The van der Waals surface area contributed by atoms with Gasteiger partial charge in [-0.15, -0.1) is 0 Å². The molecule has 0 saturated heterocycles. The summed E-state index contributed by atoms with van der Waals surface area (Å²) in [6.45, 7) is 5.25. The SMILES string of the molecule is CC(C)C(C)(Cc1nc2[nH]c(=O)[nH]c(=O)c2[nH]1)C(=O)O. The van der Waals surface area contributed by atoms with Gasteiger partial charge in [-0.25, -0.2) is 9.78 Å². The Balaban J connectivity index is 2.49. The van der Waals surface area contributed by atoms with Crippen LogP contribution in [0.5, 0.6) is 0 Å². The third kappa shape index (κ3) is 2.24. The number of carboxylic acids is 1. The molecule has 0 saturated carbocycles. The number of hydrogen-bond acceptors (Lipinski definition) is 4. The molecule has 0 radical (unpaired) electrons. The van der Waals surface area contributed by atoms with Crippen LogP contribution in [0.4, 0.5) is 0 Å². The van der Waals surface area contributed by atoms with Gasteiger partial charge in [0, 0.05) is 6.42 Å². The van der Waals surface area contributed by atoms with Crippen molar-refractivity contribution in [3.63, 3.8) is 0 Å². The summed E-state index contributed by atoms with van der Waals surface area (Å²) in [5.41, 5.74) is -1.98. The molecule has 108 valence electrons. The molecule has 2 rings (SSSR count). The lowest BCUT2D eigenvalue weighted by Crippen LogP contribution is -2.35. The van der Waals surface area contributed by atoms with E-state index in [0.717, 1.165) is 0 Å². The van der Waals surface area contributed by atoms with Crippen LogP contribution in [0.3, 0.4) is 0 Å². The van der Waals surface area contributed by atoms with Crippen molar-refractivity contribution in [1.29, 1.82) is 0 Å². The Hall–Kier alpha value is -2.38. The molecule has 1 unspecified atom stereocenters. The Morgan fingerprint density at radius 1 is 1.30 bits per heavy atom. The van der Waals surface area contributed by atoms with Crippen LogP contribution in [0.15, 0.2) is 9.59 Å². The van der Waals surface area contributed by atoms with E-state index in [1.54, 1.807) is 6.92 Å². The minimum absolute atomic E-state index is 0.120. The third-order valence-corrected chi connectivity index (χ3v) is 3.74. The van der Waals surface area contributed by atoms with E-state index >= 15 is 0 Å². The fourth-order valence-corrected chi connectivity index (χ4v) is 1.94. The van der Waals surface area contributed by atoms with Crippen molar-refractivity contribution in [3.05, 3.63) is 26.7 Å². The van der Waals surface area contributed by atoms with Crippen LogP contribution in [0.25, 0.3) is 11.2 Å². The van der Waals surface area contributed by atoms with Crippen molar-refractivity contribution < 1.29 is 9.90 Å². The number of rotatable bonds is 4. The summed E-state index contributed by atoms with van der Waals surface area (Å²) in [5.74, 6) is -0.702. The second-order valence-corrected chi connectivity index (χ2v) is 5.37. The first-order chi connectivity index (χ1) is 9.24. The third-order valence-electron chi connectivity index (χ3n) is 3.74. The molecular weight excluding hydrogens is 264 g/mol. The minimum Gasteiger partial charge on any atom is -0.481 e. The maximum atomic E-state index is 11.6. The van der Waals surface area contributed by atoms with Gasteiger partial charge < -0.3 is 10.1 Å². The van der Waals surface area contributed by atoms with Crippen LogP contribution >= 0.6 is 0 Å². The first-order valence-corrected chi connectivity index (χ1v) is 6.18. The van der Waals surface area contributed by atoms with Crippen molar-refractivity contribution in [1.82, 2.24) is 19.9 Å². The lowest BCUT2D eigenvalue weighted by Gasteiger charge is -2.27. The Morgan fingerprint density at radius 2 is 1.95 bits per heavy atom. The van der Waals surface area contributed by atoms with Crippen molar-refractivity contribution in [3.8, 4) is 0 Å². The molecule has 0 spiro atoms. The normalized spacial score (nSPS) is 14.6. The number of aromatic nitrogens is 4. The van der Waals surface area contributed by atoms with Crippen LogP contribution in [-0.2, 0) is 11.2 Å². The molecule has 0 fully saturated rings. The van der Waals surface area contributed by atoms with Crippen molar-refractivity contribution >= 4 is 17.1 Å². The van der Waals surface area contributed by atoms with E-state index in [0.29, 0.717) is 5.82 Å². The summed E-state index contributed by atoms with van der Waals surface area (Å²) >= 11 is 0. The second kappa shape index (κ2) is 4.62. The lowest BCUT2D eigenvalue weighted by atomic mass is 9.76. The summed E-state index contributed by atoms with van der Waals surface area (Å²) in [7, 11) is 0. The van der Waals surface area contributed by atoms with Gasteiger partial charge in [-0.2, -0.15) is 0 Å². The van der Waals surface area contributed by atoms with E-state index < -0.39 is 22.6 Å². The highest BCUT2D eigenvalue weighted by atomic mass is 16.4. The summed E-state index contributed by atoms with van der Waals surface area (Å²) in [6, 6.07) is 0. The molecule has 2 aromatic rings. The van der Waals surface area contributed by atoms with E-state index in [2.05, 4.69) is 19.9 Å². The van der Waals surface area contributed by atoms with Gasteiger partial charge in [-0.05, 0) is 12.8 Å². The fourth-order valence-electron chi connectivity index (χ4n) is 1.94. The Morgan fingerprint density at radius 3 is 2.50 bits per heavy atom. The zero-order valence-corrected chi connectivity index (χ0v) is 11.4. The predicted octanol–water partition coefficient (Wildman–Crippen LogP) is 0.229. The highest BCUT2D eigenvalue weighted by Crippen LogP contribution is 2.31. The average Bonchev–Trinajstić information content (AvgIpc) is 2.70. The predicted molar refractivity (Wildman–Crippen MR) is 71.6 cm³/mol. The van der Waals surface area contributed by atoms with Gasteiger partial charge in [0.2, 0.25) is 0 Å². The summed E-state index contributed by atoms with van der Waals surface area (Å²) in [6.07, 6.45) is 0.135. The maximum absolute atomic E-state index is 11.6. The van der Waals surface area contributed by atoms with Crippen LogP contribution in [0, 0.1) is 11.3 Å². The van der Waals surface area contributed by atoms with Crippen LogP contribution < -0.4 is 11.2 Å². The first kappa shape index (κ1) is 14.0. The number of imidazole rings is 1. The number of carbonyl (C=O) groups is 1. The maximum Gasteiger partial charge on any atom is 0.327 e. The monoisotopic (exact) mass is 280 g/mol. The van der Waals surface area contributed by atoms with Crippen LogP contribution in [0.2, 0.25) is 0 Å². The average molecular weight is 280 g/mol. The zero-order valence-electron chi connectivity index (χ0n) is 11.4. The lowest BCUT2D eigenvalue weighted by molar-refractivity contribution is -0.150. The largest absolute Gasteiger partial charge is 0.481 e. The van der Waals surface area contributed by atoms with Gasteiger partial charge in [0.15, 0.2) is 5.65 Å². The van der Waals surface area contributed by atoms with Crippen molar-refractivity contribution in [2.75, 3.05) is 0 Å². The number of H-pyrrole nitrogens is 3. The molecule has 8 nitrogen and oxygen atoms in total. The quantitative estimate of drug-likeness (QED) is 0.636. The molecule has 2 aromatic heterocycles. The van der Waals surface area contributed by atoms with Gasteiger partial charge in [0.1, 0.15) is 11.3 Å². The van der Waals surface area contributed by atoms with Crippen molar-refractivity contribution in [2.45, 2.75) is 27.2 Å². The molecule has 2 heterocycles. The molecule has 0 aliphatic carbocycles. The highest BCUT2D eigenvalue weighted by Gasteiger charge is 2.37. The molecule has 0 bridgehead atoms. The number of aromatic amines is 3. The molecule has 20 heavy (non-hydrogen) atoms. The number of fused-ring (bicyclic) bond motifs is 1. The highest BCUT2D eigenvalue weighted by molar-refractivity contribution is 5.75. The smallest absolute Gasteiger partial charge is 0.327 e. The number of aliphatic carboxylic acids is 1. The van der Waals surface area contributed by atoms with E-state index in [1.165, 1.54) is 0 Å². The molecule has 0 aromatic carbocycles. The van der Waals surface area contributed by atoms with E-state index in [-0.39, 0.29) is 23.5 Å². The summed E-state index contributed by atoms with van der Waals surface area (Å²) in [5, 5.41) is 9.37. The van der Waals surface area contributed by atoms with Gasteiger partial charge in [0.05, 0.1) is 5.41 Å². The molecular formula is C12H16N4O4. The molecule has 1 atom stereocenters. The van der Waals surface area contributed by atoms with E-state index in [4.69, 9.17) is 0 Å². The Kier molecular flexibility index (Phi) is 3.24. The summed E-state index contributed by atoms with van der Waals surface area (Å²) < 4.78 is 0. The molecule has 0 aliphatic heterocycles. The molecule has 4 N–H and O–H groups in total. The van der Waals surface area contributed by atoms with Crippen LogP contribution in [0.1, 0.15) is 26.6 Å². The zero-order chi connectivity index (χ0) is 15.1. The Labute approximate surface area is 113 Å².